The maximum Gasteiger partial charge on any atom is 0.242 e. The highest BCUT2D eigenvalue weighted by atomic mass is 31.2. The summed E-state index contributed by atoms with van der Waals surface area (Å²) >= 11 is 0. The van der Waals surface area contributed by atoms with Crippen LogP contribution in [0.4, 0.5) is 0 Å². The molecule has 0 saturated heterocycles. The lowest BCUT2D eigenvalue weighted by Gasteiger charge is -2.07. The number of hydrogen-bond acceptors (Lipinski definition) is 2. The molecular formula is C7H13NO2P2. The number of rotatable bonds is 2. The maximum atomic E-state index is 11.2. The van der Waals surface area contributed by atoms with Crippen molar-refractivity contribution in [2.24, 2.45) is 5.73 Å². The molecule has 12 heavy (non-hydrogen) atoms. The van der Waals surface area contributed by atoms with E-state index < -0.39 is 7.37 Å². The molecule has 5 heteroatoms. The van der Waals surface area contributed by atoms with Crippen LogP contribution in [0.3, 0.4) is 0 Å². The van der Waals surface area contributed by atoms with Gasteiger partial charge < -0.3 is 10.6 Å². The second-order valence-electron chi connectivity index (χ2n) is 2.22. The lowest BCUT2D eigenvalue weighted by atomic mass is 10.4. The Labute approximate surface area is 75.1 Å². The molecule has 0 aliphatic heterocycles. The van der Waals surface area contributed by atoms with Gasteiger partial charge in [0.1, 0.15) is 0 Å². The Morgan fingerprint density at radius 2 is 1.83 bits per heavy atom. The van der Waals surface area contributed by atoms with Gasteiger partial charge in [-0.05, 0) is 12.1 Å². The third kappa shape index (κ3) is 2.69. The summed E-state index contributed by atoms with van der Waals surface area (Å²) < 4.78 is 11.2. The van der Waals surface area contributed by atoms with Crippen LogP contribution in [0, 0.1) is 0 Å². The Morgan fingerprint density at radius 3 is 2.25 bits per heavy atom. The minimum atomic E-state index is -3.25. The Balaban J connectivity index is 0.00000121. The first-order valence-corrected chi connectivity index (χ1v) is 5.09. The zero-order chi connectivity index (χ0) is 8.32. The average Bonchev–Trinajstić information content (AvgIpc) is 2.06. The second kappa shape index (κ2) is 4.74. The topological polar surface area (TPSA) is 63.3 Å². The standard InChI is InChI=1S/C7H10NO2P.H3P/c8-6-11(9,10)7-4-2-1-3-5-7;/h1-5H,6,8H2,(H,9,10);1H3. The van der Waals surface area contributed by atoms with Gasteiger partial charge in [-0.3, -0.25) is 4.57 Å². The average molecular weight is 205 g/mol. The van der Waals surface area contributed by atoms with Crippen LogP contribution < -0.4 is 11.0 Å². The molecular weight excluding hydrogens is 192 g/mol. The monoisotopic (exact) mass is 205 g/mol. The quantitative estimate of drug-likeness (QED) is 0.693. The Bertz CT molecular complexity index is 276. The van der Waals surface area contributed by atoms with E-state index in [0.717, 1.165) is 0 Å². The smallest absolute Gasteiger partial charge is 0.242 e. The van der Waals surface area contributed by atoms with Crippen molar-refractivity contribution in [1.82, 2.24) is 0 Å². The van der Waals surface area contributed by atoms with Crippen molar-refractivity contribution in [3.05, 3.63) is 30.3 Å². The SMILES string of the molecule is NCP(=O)(O)c1ccccc1.P. The first kappa shape index (κ1) is 11.8. The highest BCUT2D eigenvalue weighted by Crippen LogP contribution is 2.36. The van der Waals surface area contributed by atoms with Crippen LogP contribution in [0.15, 0.2) is 30.3 Å². The minimum Gasteiger partial charge on any atom is -0.340 e. The second-order valence-corrected chi connectivity index (χ2v) is 4.50. The molecule has 0 heterocycles. The van der Waals surface area contributed by atoms with Crippen molar-refractivity contribution in [3.63, 3.8) is 0 Å². The molecule has 0 fully saturated rings. The minimum absolute atomic E-state index is 0. The molecule has 1 aromatic rings. The van der Waals surface area contributed by atoms with E-state index in [-0.39, 0.29) is 16.2 Å². The molecule has 3 nitrogen and oxygen atoms in total. The van der Waals surface area contributed by atoms with Gasteiger partial charge in [0.2, 0.25) is 7.37 Å². The van der Waals surface area contributed by atoms with Gasteiger partial charge >= 0.3 is 0 Å². The van der Waals surface area contributed by atoms with Crippen LogP contribution in [-0.2, 0) is 4.57 Å². The molecule has 3 N–H and O–H groups in total. The Kier molecular flexibility index (Phi) is 4.66. The highest BCUT2D eigenvalue weighted by molar-refractivity contribution is 7.65. The van der Waals surface area contributed by atoms with E-state index in [9.17, 15) is 9.46 Å². The summed E-state index contributed by atoms with van der Waals surface area (Å²) in [5.41, 5.74) is 5.13. The largest absolute Gasteiger partial charge is 0.340 e. The maximum absolute atomic E-state index is 11.2. The normalized spacial score (nSPS) is 14.5. The highest BCUT2D eigenvalue weighted by Gasteiger charge is 2.17. The van der Waals surface area contributed by atoms with Gasteiger partial charge in [-0.25, -0.2) is 0 Å². The summed E-state index contributed by atoms with van der Waals surface area (Å²) in [7, 11) is -3.25. The zero-order valence-corrected chi connectivity index (χ0v) is 8.99. The van der Waals surface area contributed by atoms with Gasteiger partial charge in [0.15, 0.2) is 0 Å². The van der Waals surface area contributed by atoms with E-state index in [4.69, 9.17) is 5.73 Å². The lowest BCUT2D eigenvalue weighted by Crippen LogP contribution is -2.11. The van der Waals surface area contributed by atoms with Gasteiger partial charge in [-0.2, -0.15) is 9.90 Å². The van der Waals surface area contributed by atoms with E-state index in [2.05, 4.69) is 0 Å². The van der Waals surface area contributed by atoms with Crippen LogP contribution in [-0.4, -0.2) is 11.2 Å². The van der Waals surface area contributed by atoms with Crippen LogP contribution in [0.2, 0.25) is 0 Å². The molecule has 0 bridgehead atoms. The molecule has 2 unspecified atom stereocenters. The first-order valence-electron chi connectivity index (χ1n) is 3.24. The molecule has 0 saturated carbocycles. The summed E-state index contributed by atoms with van der Waals surface area (Å²) in [6.45, 7) is 0. The van der Waals surface area contributed by atoms with Crippen LogP contribution in [0.25, 0.3) is 0 Å². The fourth-order valence-electron chi connectivity index (χ4n) is 0.766. The lowest BCUT2D eigenvalue weighted by molar-refractivity contribution is 0.490. The summed E-state index contributed by atoms with van der Waals surface area (Å²) in [6, 6.07) is 8.43. The van der Waals surface area contributed by atoms with Crippen molar-refractivity contribution < 1.29 is 9.46 Å². The molecule has 0 amide bonds. The Morgan fingerprint density at radius 1 is 1.33 bits per heavy atom. The van der Waals surface area contributed by atoms with Gasteiger partial charge in [0.05, 0.1) is 6.29 Å². The van der Waals surface area contributed by atoms with Gasteiger partial charge in [0, 0.05) is 5.30 Å². The third-order valence-corrected chi connectivity index (χ3v) is 3.01. The molecule has 2 atom stereocenters. The van der Waals surface area contributed by atoms with Crippen molar-refractivity contribution >= 4 is 22.6 Å². The first-order chi connectivity index (χ1) is 5.17. The third-order valence-electron chi connectivity index (χ3n) is 1.41. The number of nitrogens with two attached hydrogens (primary N) is 1. The van der Waals surface area contributed by atoms with Crippen molar-refractivity contribution in [2.75, 3.05) is 6.29 Å². The fraction of sp³-hybridized carbons (Fsp3) is 0.143. The van der Waals surface area contributed by atoms with E-state index in [0.29, 0.717) is 5.30 Å². The van der Waals surface area contributed by atoms with Gasteiger partial charge in [-0.1, -0.05) is 18.2 Å². The fourth-order valence-corrected chi connectivity index (χ4v) is 1.62. The van der Waals surface area contributed by atoms with E-state index >= 15 is 0 Å². The van der Waals surface area contributed by atoms with E-state index in [1.807, 2.05) is 0 Å². The predicted octanol–water partition coefficient (Wildman–Crippen LogP) is 0.557. The van der Waals surface area contributed by atoms with Gasteiger partial charge in [0.25, 0.3) is 0 Å². The van der Waals surface area contributed by atoms with Crippen molar-refractivity contribution in [1.29, 1.82) is 0 Å². The molecule has 0 spiro atoms. The van der Waals surface area contributed by atoms with Crippen LogP contribution in [0.1, 0.15) is 0 Å². The molecule has 0 aliphatic carbocycles. The summed E-state index contributed by atoms with van der Waals surface area (Å²) in [6.07, 6.45) is -0.197. The van der Waals surface area contributed by atoms with Crippen LogP contribution >= 0.6 is 17.3 Å². The summed E-state index contributed by atoms with van der Waals surface area (Å²) in [5.74, 6) is 0. The molecule has 0 aromatic heterocycles. The number of hydrogen-bond donors (Lipinski definition) is 2. The van der Waals surface area contributed by atoms with E-state index in [1.54, 1.807) is 30.3 Å². The summed E-state index contributed by atoms with van der Waals surface area (Å²) in [5, 5.41) is 0.419. The number of benzene rings is 1. The van der Waals surface area contributed by atoms with Crippen LogP contribution in [0.5, 0.6) is 0 Å². The van der Waals surface area contributed by atoms with E-state index in [1.165, 1.54) is 0 Å². The molecule has 1 rings (SSSR count). The molecule has 0 radical (unpaired) electrons. The summed E-state index contributed by atoms with van der Waals surface area (Å²) in [4.78, 5) is 9.23. The van der Waals surface area contributed by atoms with Crippen molar-refractivity contribution in [2.45, 2.75) is 0 Å². The zero-order valence-electron chi connectivity index (χ0n) is 6.68. The molecule has 68 valence electrons. The molecule has 1 aromatic carbocycles. The van der Waals surface area contributed by atoms with Crippen molar-refractivity contribution in [3.8, 4) is 0 Å². The van der Waals surface area contributed by atoms with Gasteiger partial charge in [-0.15, -0.1) is 0 Å². The Hall–Kier alpha value is -0.200. The molecule has 0 aliphatic rings. The predicted molar refractivity (Wildman–Crippen MR) is 56.1 cm³/mol.